The van der Waals surface area contributed by atoms with E-state index in [9.17, 15) is 19.5 Å². The summed E-state index contributed by atoms with van der Waals surface area (Å²) in [7, 11) is 0. The van der Waals surface area contributed by atoms with Gasteiger partial charge in [-0.3, -0.25) is 14.9 Å². The molecule has 0 bridgehead atoms. The minimum absolute atomic E-state index is 0.00936. The summed E-state index contributed by atoms with van der Waals surface area (Å²) in [5.74, 6) is -1.44. The first-order valence-corrected chi connectivity index (χ1v) is 7.23. The number of phenols is 1. The van der Waals surface area contributed by atoms with Crippen LogP contribution in [0.25, 0.3) is 6.08 Å². The number of aryl methyl sites for hydroxylation is 1. The Labute approximate surface area is 138 Å². The Balaban J connectivity index is 1.99. The first kappa shape index (κ1) is 15.5. The van der Waals surface area contributed by atoms with Crippen molar-refractivity contribution in [3.8, 4) is 5.75 Å². The van der Waals surface area contributed by atoms with Crippen LogP contribution in [0.2, 0.25) is 0 Å². The number of hydrogen-bond donors (Lipinski definition) is 2. The van der Waals surface area contributed by atoms with Gasteiger partial charge in [0.15, 0.2) is 0 Å². The third-order valence-corrected chi connectivity index (χ3v) is 3.60. The standard InChI is InChI=1S/C18H14N2O4/c1-11-2-4-12(5-3-11)10-15-16(22)19-18(24)20(17(15)23)13-6-8-14(21)9-7-13/h2-10,21H,1H3,(H,19,22,24). The molecule has 0 atom stereocenters. The van der Waals surface area contributed by atoms with Crippen LogP contribution < -0.4 is 10.2 Å². The molecular weight excluding hydrogens is 308 g/mol. The molecule has 1 aliphatic rings. The lowest BCUT2D eigenvalue weighted by Crippen LogP contribution is -2.54. The summed E-state index contributed by atoms with van der Waals surface area (Å²) in [5.41, 5.74) is 1.86. The Morgan fingerprint density at radius 3 is 2.21 bits per heavy atom. The lowest BCUT2D eigenvalue weighted by Gasteiger charge is -2.26. The van der Waals surface area contributed by atoms with Crippen molar-refractivity contribution in [2.24, 2.45) is 0 Å². The van der Waals surface area contributed by atoms with Crippen LogP contribution in [0.4, 0.5) is 10.5 Å². The number of imide groups is 2. The zero-order valence-corrected chi connectivity index (χ0v) is 12.8. The van der Waals surface area contributed by atoms with Gasteiger partial charge in [0.2, 0.25) is 0 Å². The van der Waals surface area contributed by atoms with Crippen LogP contribution in [-0.2, 0) is 9.59 Å². The molecule has 0 saturated carbocycles. The fraction of sp³-hybridized carbons (Fsp3) is 0.0556. The molecule has 0 spiro atoms. The van der Waals surface area contributed by atoms with Crippen LogP contribution in [0, 0.1) is 6.92 Å². The van der Waals surface area contributed by atoms with E-state index >= 15 is 0 Å². The maximum absolute atomic E-state index is 12.6. The van der Waals surface area contributed by atoms with Crippen molar-refractivity contribution in [1.29, 1.82) is 0 Å². The fourth-order valence-electron chi connectivity index (χ4n) is 2.32. The Hall–Kier alpha value is -3.41. The molecule has 0 unspecified atom stereocenters. The monoisotopic (exact) mass is 322 g/mol. The fourth-order valence-corrected chi connectivity index (χ4v) is 2.32. The van der Waals surface area contributed by atoms with Gasteiger partial charge < -0.3 is 5.11 Å². The van der Waals surface area contributed by atoms with E-state index in [0.29, 0.717) is 5.56 Å². The normalized spacial score (nSPS) is 16.5. The number of phenolic OH excluding ortho intramolecular Hbond substituents is 1. The molecule has 0 aromatic heterocycles. The van der Waals surface area contributed by atoms with Crippen LogP contribution >= 0.6 is 0 Å². The highest BCUT2D eigenvalue weighted by molar-refractivity contribution is 6.39. The van der Waals surface area contributed by atoms with Crippen molar-refractivity contribution in [2.45, 2.75) is 6.92 Å². The van der Waals surface area contributed by atoms with Gasteiger partial charge in [0.05, 0.1) is 5.69 Å². The molecule has 2 aromatic rings. The summed E-state index contributed by atoms with van der Waals surface area (Å²) < 4.78 is 0. The minimum atomic E-state index is -0.822. The lowest BCUT2D eigenvalue weighted by atomic mass is 10.1. The summed E-state index contributed by atoms with van der Waals surface area (Å²) in [6, 6.07) is 12.0. The number of aromatic hydroxyl groups is 1. The molecule has 4 amide bonds. The molecule has 1 heterocycles. The number of carbonyl (C=O) groups excluding carboxylic acids is 3. The molecule has 1 fully saturated rings. The molecule has 120 valence electrons. The predicted molar refractivity (Wildman–Crippen MR) is 88.3 cm³/mol. The smallest absolute Gasteiger partial charge is 0.335 e. The lowest BCUT2D eigenvalue weighted by molar-refractivity contribution is -0.122. The topological polar surface area (TPSA) is 86.7 Å². The van der Waals surface area contributed by atoms with E-state index < -0.39 is 17.8 Å². The number of carbonyl (C=O) groups is 3. The zero-order chi connectivity index (χ0) is 17.3. The third-order valence-electron chi connectivity index (χ3n) is 3.60. The number of anilines is 1. The minimum Gasteiger partial charge on any atom is -0.508 e. The average molecular weight is 322 g/mol. The van der Waals surface area contributed by atoms with Crippen molar-refractivity contribution in [3.63, 3.8) is 0 Å². The first-order chi connectivity index (χ1) is 11.5. The molecular formula is C18H14N2O4. The van der Waals surface area contributed by atoms with Gasteiger partial charge in [-0.2, -0.15) is 0 Å². The number of rotatable bonds is 2. The van der Waals surface area contributed by atoms with Gasteiger partial charge >= 0.3 is 6.03 Å². The van der Waals surface area contributed by atoms with Gasteiger partial charge in [-0.1, -0.05) is 29.8 Å². The van der Waals surface area contributed by atoms with Gasteiger partial charge in [-0.05, 0) is 42.8 Å². The van der Waals surface area contributed by atoms with E-state index in [1.165, 1.54) is 30.3 Å². The van der Waals surface area contributed by atoms with Crippen molar-refractivity contribution in [2.75, 3.05) is 4.90 Å². The number of hydrogen-bond acceptors (Lipinski definition) is 4. The van der Waals surface area contributed by atoms with E-state index in [0.717, 1.165) is 10.5 Å². The number of amides is 4. The predicted octanol–water partition coefficient (Wildman–Crippen LogP) is 2.37. The molecule has 6 heteroatoms. The Morgan fingerprint density at radius 2 is 1.58 bits per heavy atom. The number of barbiturate groups is 1. The molecule has 0 aliphatic carbocycles. The van der Waals surface area contributed by atoms with Gasteiger partial charge in [0, 0.05) is 0 Å². The number of benzene rings is 2. The van der Waals surface area contributed by atoms with E-state index in [-0.39, 0.29) is 17.0 Å². The van der Waals surface area contributed by atoms with E-state index in [4.69, 9.17) is 0 Å². The van der Waals surface area contributed by atoms with Gasteiger partial charge in [-0.25, -0.2) is 9.69 Å². The molecule has 2 N–H and O–H groups in total. The second-order valence-corrected chi connectivity index (χ2v) is 5.38. The quantitative estimate of drug-likeness (QED) is 0.656. The average Bonchev–Trinajstić information content (AvgIpc) is 2.55. The summed E-state index contributed by atoms with van der Waals surface area (Å²) in [6.07, 6.45) is 1.44. The molecule has 0 radical (unpaired) electrons. The van der Waals surface area contributed by atoms with Crippen molar-refractivity contribution >= 4 is 29.6 Å². The van der Waals surface area contributed by atoms with Gasteiger partial charge in [0.25, 0.3) is 11.8 Å². The maximum Gasteiger partial charge on any atom is 0.335 e. The zero-order valence-electron chi connectivity index (χ0n) is 12.8. The highest BCUT2D eigenvalue weighted by Gasteiger charge is 2.36. The summed E-state index contributed by atoms with van der Waals surface area (Å²) >= 11 is 0. The van der Waals surface area contributed by atoms with E-state index in [1.807, 2.05) is 19.1 Å². The summed E-state index contributed by atoms with van der Waals surface area (Å²) in [6.45, 7) is 1.93. The van der Waals surface area contributed by atoms with Gasteiger partial charge in [0.1, 0.15) is 11.3 Å². The molecule has 2 aromatic carbocycles. The first-order valence-electron chi connectivity index (χ1n) is 7.23. The van der Waals surface area contributed by atoms with E-state index in [1.54, 1.807) is 12.1 Å². The molecule has 1 saturated heterocycles. The van der Waals surface area contributed by atoms with E-state index in [2.05, 4.69) is 5.32 Å². The highest BCUT2D eigenvalue weighted by Crippen LogP contribution is 2.23. The molecule has 3 rings (SSSR count). The number of nitrogens with one attached hydrogen (secondary N) is 1. The number of urea groups is 1. The summed E-state index contributed by atoms with van der Waals surface area (Å²) in [4.78, 5) is 37.5. The van der Waals surface area contributed by atoms with Gasteiger partial charge in [-0.15, -0.1) is 0 Å². The van der Waals surface area contributed by atoms with Crippen molar-refractivity contribution in [1.82, 2.24) is 5.32 Å². The highest BCUT2D eigenvalue weighted by atomic mass is 16.3. The summed E-state index contributed by atoms with van der Waals surface area (Å²) in [5, 5.41) is 11.5. The Kier molecular flexibility index (Phi) is 3.87. The second kappa shape index (κ2) is 6.00. The molecule has 24 heavy (non-hydrogen) atoms. The van der Waals surface area contributed by atoms with Crippen LogP contribution in [0.3, 0.4) is 0 Å². The van der Waals surface area contributed by atoms with Crippen LogP contribution in [0.15, 0.2) is 54.1 Å². The van der Waals surface area contributed by atoms with Crippen molar-refractivity contribution < 1.29 is 19.5 Å². The second-order valence-electron chi connectivity index (χ2n) is 5.38. The van der Waals surface area contributed by atoms with Crippen LogP contribution in [0.1, 0.15) is 11.1 Å². The Bertz CT molecular complexity index is 852. The SMILES string of the molecule is Cc1ccc(C=C2C(=O)NC(=O)N(c3ccc(O)cc3)C2=O)cc1. The molecule has 6 nitrogen and oxygen atoms in total. The largest absolute Gasteiger partial charge is 0.508 e. The number of nitrogens with zero attached hydrogens (tertiary/aromatic N) is 1. The van der Waals surface area contributed by atoms with Crippen LogP contribution in [-0.4, -0.2) is 23.0 Å². The molecule has 1 aliphatic heterocycles. The van der Waals surface area contributed by atoms with Crippen LogP contribution in [0.5, 0.6) is 5.75 Å². The Morgan fingerprint density at radius 1 is 0.958 bits per heavy atom. The maximum atomic E-state index is 12.6. The van der Waals surface area contributed by atoms with Crippen molar-refractivity contribution in [3.05, 3.63) is 65.2 Å². The third kappa shape index (κ3) is 2.89.